The summed E-state index contributed by atoms with van der Waals surface area (Å²) in [5.41, 5.74) is 5.72. The molecule has 5 nitrogen and oxygen atoms in total. The molecule has 1 rings (SSSR count). The predicted octanol–water partition coefficient (Wildman–Crippen LogP) is 1.28. The molecule has 0 bridgehead atoms. The van der Waals surface area contributed by atoms with Gasteiger partial charge in [-0.05, 0) is 25.7 Å². The first kappa shape index (κ1) is 15.2. The number of hydrogen-bond acceptors (Lipinski definition) is 3. The van der Waals surface area contributed by atoms with Crippen LogP contribution in [0.5, 0.6) is 0 Å². The highest BCUT2D eigenvalue weighted by atomic mass is 16.5. The number of ether oxygens (including phenoxy) is 2. The van der Waals surface area contributed by atoms with Crippen LogP contribution in [-0.4, -0.2) is 45.0 Å². The van der Waals surface area contributed by atoms with Crippen LogP contribution in [-0.2, 0) is 9.47 Å². The minimum atomic E-state index is 0.378. The third kappa shape index (κ3) is 7.50. The molecule has 0 aromatic carbocycles. The van der Waals surface area contributed by atoms with Gasteiger partial charge >= 0.3 is 0 Å². The molecule has 1 saturated heterocycles. The van der Waals surface area contributed by atoms with E-state index in [2.05, 4.69) is 17.2 Å². The second-order valence-corrected chi connectivity index (χ2v) is 4.58. The van der Waals surface area contributed by atoms with Crippen molar-refractivity contribution in [3.63, 3.8) is 0 Å². The number of nitrogens with zero attached hydrogens (tertiary/aromatic N) is 1. The molecule has 3 N–H and O–H groups in total. The minimum absolute atomic E-state index is 0.378. The Labute approximate surface area is 110 Å². The quantitative estimate of drug-likeness (QED) is 0.390. The Kier molecular flexibility index (Phi) is 8.59. The number of hydrogen-bond donors (Lipinski definition) is 2. The summed E-state index contributed by atoms with van der Waals surface area (Å²) in [5, 5.41) is 3.09. The standard InChI is InChI=1S/C13H27N3O2/c1-2-3-7-15-13(14)16-8-4-9-18-12-5-10-17-11-6-12/h12H,2-11H2,1H3,(H3,14,15,16). The van der Waals surface area contributed by atoms with Crippen LogP contribution in [0.1, 0.15) is 39.0 Å². The molecule has 18 heavy (non-hydrogen) atoms. The van der Waals surface area contributed by atoms with E-state index in [0.29, 0.717) is 12.1 Å². The van der Waals surface area contributed by atoms with Crippen molar-refractivity contribution in [3.8, 4) is 0 Å². The Hall–Kier alpha value is -0.810. The molecule has 0 saturated carbocycles. The van der Waals surface area contributed by atoms with Crippen LogP contribution in [0.3, 0.4) is 0 Å². The average Bonchev–Trinajstić information content (AvgIpc) is 2.40. The van der Waals surface area contributed by atoms with Gasteiger partial charge in [0.05, 0.1) is 6.10 Å². The van der Waals surface area contributed by atoms with Crippen molar-refractivity contribution in [2.24, 2.45) is 10.7 Å². The van der Waals surface area contributed by atoms with Gasteiger partial charge in [0.15, 0.2) is 5.96 Å². The van der Waals surface area contributed by atoms with Gasteiger partial charge in [-0.3, -0.25) is 4.99 Å². The van der Waals surface area contributed by atoms with Crippen LogP contribution < -0.4 is 11.1 Å². The van der Waals surface area contributed by atoms with Crippen molar-refractivity contribution >= 4 is 5.96 Å². The highest BCUT2D eigenvalue weighted by Crippen LogP contribution is 2.10. The first-order valence-electron chi connectivity index (χ1n) is 7.06. The van der Waals surface area contributed by atoms with Gasteiger partial charge in [-0.15, -0.1) is 0 Å². The lowest BCUT2D eigenvalue weighted by Crippen LogP contribution is -2.32. The molecule has 0 spiro atoms. The summed E-state index contributed by atoms with van der Waals surface area (Å²) in [6.45, 7) is 6.21. The molecule has 0 atom stereocenters. The maximum Gasteiger partial charge on any atom is 0.188 e. The van der Waals surface area contributed by atoms with Crippen molar-refractivity contribution < 1.29 is 9.47 Å². The molecule has 0 amide bonds. The SMILES string of the molecule is CCCCNC(N)=NCCCOC1CCOCC1. The maximum absolute atomic E-state index is 5.75. The number of rotatable bonds is 8. The maximum atomic E-state index is 5.75. The smallest absolute Gasteiger partial charge is 0.188 e. The molecule has 0 aromatic heterocycles. The van der Waals surface area contributed by atoms with Crippen molar-refractivity contribution in [2.75, 3.05) is 32.9 Å². The fraction of sp³-hybridized carbons (Fsp3) is 0.923. The van der Waals surface area contributed by atoms with Crippen molar-refractivity contribution in [1.29, 1.82) is 0 Å². The second kappa shape index (κ2) is 10.1. The topological polar surface area (TPSA) is 68.9 Å². The van der Waals surface area contributed by atoms with Crippen LogP contribution in [0.15, 0.2) is 4.99 Å². The lowest BCUT2D eigenvalue weighted by molar-refractivity contribution is -0.0318. The lowest BCUT2D eigenvalue weighted by Gasteiger charge is -2.22. The van der Waals surface area contributed by atoms with Gasteiger partial charge in [0, 0.05) is 32.9 Å². The molecule has 1 heterocycles. The van der Waals surface area contributed by atoms with Crippen molar-refractivity contribution in [2.45, 2.75) is 45.1 Å². The van der Waals surface area contributed by atoms with Gasteiger partial charge in [0.2, 0.25) is 0 Å². The molecule has 0 aliphatic carbocycles. The molecule has 0 radical (unpaired) electrons. The number of aliphatic imine (C=N–C) groups is 1. The molecular formula is C13H27N3O2. The fourth-order valence-electron chi connectivity index (χ4n) is 1.81. The van der Waals surface area contributed by atoms with Gasteiger partial charge in [0.25, 0.3) is 0 Å². The summed E-state index contributed by atoms with van der Waals surface area (Å²) < 4.78 is 11.0. The monoisotopic (exact) mass is 257 g/mol. The molecule has 1 aliphatic heterocycles. The highest BCUT2D eigenvalue weighted by Gasteiger charge is 2.13. The van der Waals surface area contributed by atoms with Gasteiger partial charge in [0.1, 0.15) is 0 Å². The van der Waals surface area contributed by atoms with E-state index in [1.807, 2.05) is 0 Å². The Balaban J connectivity index is 1.94. The van der Waals surface area contributed by atoms with Crippen LogP contribution in [0, 0.1) is 0 Å². The normalized spacial score (nSPS) is 17.9. The first-order valence-corrected chi connectivity index (χ1v) is 7.06. The summed E-state index contributed by atoms with van der Waals surface area (Å²) in [6, 6.07) is 0. The summed E-state index contributed by atoms with van der Waals surface area (Å²) in [6.07, 6.45) is 5.63. The van der Waals surface area contributed by atoms with E-state index < -0.39 is 0 Å². The fourth-order valence-corrected chi connectivity index (χ4v) is 1.81. The summed E-state index contributed by atoms with van der Waals surface area (Å²) in [5.74, 6) is 0.550. The van der Waals surface area contributed by atoms with E-state index in [1.165, 1.54) is 6.42 Å². The lowest BCUT2D eigenvalue weighted by atomic mass is 10.1. The van der Waals surface area contributed by atoms with Crippen LogP contribution >= 0.6 is 0 Å². The van der Waals surface area contributed by atoms with Gasteiger partial charge in [-0.25, -0.2) is 0 Å². The third-order valence-corrected chi connectivity index (χ3v) is 2.94. The number of nitrogens with one attached hydrogen (secondary N) is 1. The zero-order valence-electron chi connectivity index (χ0n) is 11.5. The first-order chi connectivity index (χ1) is 8.83. The summed E-state index contributed by atoms with van der Waals surface area (Å²) >= 11 is 0. The van der Waals surface area contributed by atoms with E-state index in [0.717, 1.165) is 58.6 Å². The summed E-state index contributed by atoms with van der Waals surface area (Å²) in [7, 11) is 0. The van der Waals surface area contributed by atoms with Gasteiger partial charge in [-0.2, -0.15) is 0 Å². The Bertz CT molecular complexity index is 228. The molecule has 5 heteroatoms. The van der Waals surface area contributed by atoms with E-state index in [1.54, 1.807) is 0 Å². The molecule has 106 valence electrons. The average molecular weight is 257 g/mol. The predicted molar refractivity (Wildman–Crippen MR) is 73.8 cm³/mol. The molecule has 1 aliphatic rings. The second-order valence-electron chi connectivity index (χ2n) is 4.58. The highest BCUT2D eigenvalue weighted by molar-refractivity contribution is 5.77. The Morgan fingerprint density at radius 1 is 1.39 bits per heavy atom. The van der Waals surface area contributed by atoms with Crippen LogP contribution in [0.25, 0.3) is 0 Å². The van der Waals surface area contributed by atoms with E-state index >= 15 is 0 Å². The van der Waals surface area contributed by atoms with E-state index in [9.17, 15) is 0 Å². The van der Waals surface area contributed by atoms with Crippen LogP contribution in [0.2, 0.25) is 0 Å². The number of guanidine groups is 1. The van der Waals surface area contributed by atoms with Crippen LogP contribution in [0.4, 0.5) is 0 Å². The molecular weight excluding hydrogens is 230 g/mol. The number of unbranched alkanes of at least 4 members (excludes halogenated alkanes) is 1. The van der Waals surface area contributed by atoms with E-state index in [-0.39, 0.29) is 0 Å². The van der Waals surface area contributed by atoms with Crippen molar-refractivity contribution in [1.82, 2.24) is 5.32 Å². The molecule has 0 unspecified atom stereocenters. The summed E-state index contributed by atoms with van der Waals surface area (Å²) in [4.78, 5) is 4.26. The van der Waals surface area contributed by atoms with Gasteiger partial charge < -0.3 is 20.5 Å². The van der Waals surface area contributed by atoms with E-state index in [4.69, 9.17) is 15.2 Å². The largest absolute Gasteiger partial charge is 0.381 e. The zero-order chi connectivity index (χ0) is 13.1. The zero-order valence-corrected chi connectivity index (χ0v) is 11.5. The van der Waals surface area contributed by atoms with Crippen molar-refractivity contribution in [3.05, 3.63) is 0 Å². The Morgan fingerprint density at radius 2 is 2.17 bits per heavy atom. The van der Waals surface area contributed by atoms with Gasteiger partial charge in [-0.1, -0.05) is 13.3 Å². The third-order valence-electron chi connectivity index (χ3n) is 2.94. The molecule has 0 aromatic rings. The molecule has 1 fully saturated rings. The number of nitrogens with two attached hydrogens (primary N) is 1. The Morgan fingerprint density at radius 3 is 2.89 bits per heavy atom. The minimum Gasteiger partial charge on any atom is -0.381 e.